The van der Waals surface area contributed by atoms with Crippen molar-refractivity contribution in [1.29, 1.82) is 0 Å². The lowest BCUT2D eigenvalue weighted by Crippen LogP contribution is -2.31. The lowest BCUT2D eigenvalue weighted by Gasteiger charge is -2.15. The minimum atomic E-state index is 0.279. The average molecular weight is 181 g/mol. The Labute approximate surface area is 78.1 Å². The topological polar surface area (TPSA) is 34.4 Å². The van der Waals surface area contributed by atoms with Gasteiger partial charge in [0.25, 0.3) is 0 Å². The Morgan fingerprint density at radius 1 is 1.62 bits per heavy atom. The first-order valence-corrected chi connectivity index (χ1v) is 4.73. The van der Waals surface area contributed by atoms with E-state index in [-0.39, 0.29) is 6.04 Å². The van der Waals surface area contributed by atoms with Gasteiger partial charge in [-0.15, -0.1) is 0 Å². The van der Waals surface area contributed by atoms with E-state index in [0.29, 0.717) is 6.04 Å². The molecule has 1 saturated heterocycles. The zero-order valence-electron chi connectivity index (χ0n) is 7.82. The van der Waals surface area contributed by atoms with Crippen LogP contribution in [-0.4, -0.2) is 19.3 Å². The first-order chi connectivity index (χ1) is 6.36. The molecule has 1 N–H and O–H groups in total. The smallest absolute Gasteiger partial charge is 0.120 e. The molecular weight excluding hydrogens is 166 g/mol. The van der Waals surface area contributed by atoms with E-state index in [1.54, 1.807) is 6.26 Å². The lowest BCUT2D eigenvalue weighted by atomic mass is 10.2. The van der Waals surface area contributed by atoms with Crippen molar-refractivity contribution in [1.82, 2.24) is 5.32 Å². The second kappa shape index (κ2) is 3.94. The summed E-state index contributed by atoms with van der Waals surface area (Å²) in [6, 6.07) is 4.67. The molecule has 1 aromatic rings. The molecule has 2 rings (SSSR count). The summed E-state index contributed by atoms with van der Waals surface area (Å²) in [7, 11) is 0. The fourth-order valence-corrected chi connectivity index (χ4v) is 1.64. The minimum absolute atomic E-state index is 0.279. The van der Waals surface area contributed by atoms with Crippen LogP contribution in [0, 0.1) is 0 Å². The van der Waals surface area contributed by atoms with Gasteiger partial charge >= 0.3 is 0 Å². The van der Waals surface area contributed by atoms with Crippen molar-refractivity contribution in [2.45, 2.75) is 25.4 Å². The monoisotopic (exact) mass is 181 g/mol. The van der Waals surface area contributed by atoms with Gasteiger partial charge in [-0.3, -0.25) is 0 Å². The second-order valence-electron chi connectivity index (χ2n) is 3.46. The third-order valence-electron chi connectivity index (χ3n) is 2.39. The summed E-state index contributed by atoms with van der Waals surface area (Å²) in [6.07, 6.45) is 2.81. The molecule has 3 heteroatoms. The molecule has 1 aliphatic rings. The Kier molecular flexibility index (Phi) is 2.66. The van der Waals surface area contributed by atoms with E-state index in [1.807, 2.05) is 12.1 Å². The van der Waals surface area contributed by atoms with Crippen LogP contribution in [0.4, 0.5) is 0 Å². The van der Waals surface area contributed by atoms with Crippen molar-refractivity contribution in [2.75, 3.05) is 13.2 Å². The molecule has 0 saturated carbocycles. The van der Waals surface area contributed by atoms with Gasteiger partial charge in [-0.2, -0.15) is 0 Å². The number of hydrogen-bond acceptors (Lipinski definition) is 3. The van der Waals surface area contributed by atoms with Gasteiger partial charge < -0.3 is 14.5 Å². The van der Waals surface area contributed by atoms with E-state index < -0.39 is 0 Å². The zero-order valence-corrected chi connectivity index (χ0v) is 7.82. The van der Waals surface area contributed by atoms with E-state index in [0.717, 1.165) is 25.4 Å². The van der Waals surface area contributed by atoms with Gasteiger partial charge in [0.2, 0.25) is 0 Å². The average Bonchev–Trinajstić information content (AvgIpc) is 2.74. The van der Waals surface area contributed by atoms with Crippen LogP contribution >= 0.6 is 0 Å². The largest absolute Gasteiger partial charge is 0.468 e. The number of hydrogen-bond donors (Lipinski definition) is 1. The quantitative estimate of drug-likeness (QED) is 0.771. The normalized spacial score (nSPS) is 24.8. The van der Waals surface area contributed by atoms with Crippen LogP contribution in [0.2, 0.25) is 0 Å². The molecule has 0 spiro atoms. The van der Waals surface area contributed by atoms with Gasteiger partial charge in [0, 0.05) is 12.6 Å². The molecule has 2 heterocycles. The molecular formula is C10H15NO2. The van der Waals surface area contributed by atoms with Crippen LogP contribution in [0.1, 0.15) is 25.1 Å². The molecule has 1 aromatic heterocycles. The lowest BCUT2D eigenvalue weighted by molar-refractivity contribution is 0.187. The summed E-state index contributed by atoms with van der Waals surface area (Å²) in [4.78, 5) is 0. The summed E-state index contributed by atoms with van der Waals surface area (Å²) >= 11 is 0. The van der Waals surface area contributed by atoms with Gasteiger partial charge in [0.1, 0.15) is 5.76 Å². The van der Waals surface area contributed by atoms with E-state index in [2.05, 4.69) is 12.2 Å². The molecule has 2 atom stereocenters. The van der Waals surface area contributed by atoms with Gasteiger partial charge in [0.05, 0.1) is 18.9 Å². The van der Waals surface area contributed by atoms with E-state index in [9.17, 15) is 0 Å². The first kappa shape index (κ1) is 8.78. The highest BCUT2D eigenvalue weighted by molar-refractivity contribution is 5.03. The predicted molar refractivity (Wildman–Crippen MR) is 49.5 cm³/mol. The first-order valence-electron chi connectivity index (χ1n) is 4.73. The van der Waals surface area contributed by atoms with Gasteiger partial charge in [-0.25, -0.2) is 0 Å². The molecule has 1 aliphatic heterocycles. The highest BCUT2D eigenvalue weighted by Crippen LogP contribution is 2.15. The van der Waals surface area contributed by atoms with Crippen molar-refractivity contribution in [2.24, 2.45) is 0 Å². The third-order valence-corrected chi connectivity index (χ3v) is 2.39. The number of rotatable bonds is 3. The van der Waals surface area contributed by atoms with Crippen LogP contribution in [0.15, 0.2) is 22.8 Å². The molecule has 0 bridgehead atoms. The molecule has 3 nitrogen and oxygen atoms in total. The standard InChI is InChI=1S/C10H15NO2/c1-8(10-3-2-5-13-10)11-9-4-6-12-7-9/h2-3,5,8-9,11H,4,6-7H2,1H3. The number of ether oxygens (including phenoxy) is 1. The number of furan rings is 1. The van der Waals surface area contributed by atoms with Crippen molar-refractivity contribution in [3.63, 3.8) is 0 Å². The van der Waals surface area contributed by atoms with Crippen molar-refractivity contribution >= 4 is 0 Å². The van der Waals surface area contributed by atoms with Crippen molar-refractivity contribution < 1.29 is 9.15 Å². The van der Waals surface area contributed by atoms with E-state index in [4.69, 9.17) is 9.15 Å². The maximum atomic E-state index is 5.30. The molecule has 0 amide bonds. The Bertz CT molecular complexity index is 239. The van der Waals surface area contributed by atoms with E-state index >= 15 is 0 Å². The molecule has 1 fully saturated rings. The maximum absolute atomic E-state index is 5.30. The third kappa shape index (κ3) is 2.11. The van der Waals surface area contributed by atoms with Crippen LogP contribution in [-0.2, 0) is 4.74 Å². The van der Waals surface area contributed by atoms with E-state index in [1.165, 1.54) is 0 Å². The summed E-state index contributed by atoms with van der Waals surface area (Å²) in [5.41, 5.74) is 0. The highest BCUT2D eigenvalue weighted by Gasteiger charge is 2.18. The Morgan fingerprint density at radius 2 is 2.54 bits per heavy atom. The highest BCUT2D eigenvalue weighted by atomic mass is 16.5. The molecule has 72 valence electrons. The van der Waals surface area contributed by atoms with Crippen LogP contribution < -0.4 is 5.32 Å². The Balaban J connectivity index is 1.87. The summed E-state index contributed by atoms with van der Waals surface area (Å²) in [6.45, 7) is 3.81. The van der Waals surface area contributed by atoms with Gasteiger partial charge in [-0.05, 0) is 25.5 Å². The zero-order chi connectivity index (χ0) is 9.10. The molecule has 0 radical (unpaired) electrons. The Hall–Kier alpha value is -0.800. The predicted octanol–water partition coefficient (Wildman–Crippen LogP) is 1.72. The summed E-state index contributed by atoms with van der Waals surface area (Å²) in [5, 5.41) is 3.46. The molecule has 0 aromatic carbocycles. The summed E-state index contributed by atoms with van der Waals surface area (Å²) in [5.74, 6) is 0.993. The second-order valence-corrected chi connectivity index (χ2v) is 3.46. The Morgan fingerprint density at radius 3 is 3.15 bits per heavy atom. The van der Waals surface area contributed by atoms with Crippen LogP contribution in [0.25, 0.3) is 0 Å². The van der Waals surface area contributed by atoms with Gasteiger partial charge in [0.15, 0.2) is 0 Å². The SMILES string of the molecule is CC(NC1CCOC1)c1ccco1. The van der Waals surface area contributed by atoms with Crippen molar-refractivity contribution in [3.05, 3.63) is 24.2 Å². The fraction of sp³-hybridized carbons (Fsp3) is 0.600. The molecule has 0 aliphatic carbocycles. The fourth-order valence-electron chi connectivity index (χ4n) is 1.64. The van der Waals surface area contributed by atoms with Crippen molar-refractivity contribution in [3.8, 4) is 0 Å². The summed E-state index contributed by atoms with van der Waals surface area (Å²) < 4.78 is 10.6. The van der Waals surface area contributed by atoms with Crippen LogP contribution in [0.3, 0.4) is 0 Å². The van der Waals surface area contributed by atoms with Crippen LogP contribution in [0.5, 0.6) is 0 Å². The number of nitrogens with one attached hydrogen (secondary N) is 1. The maximum Gasteiger partial charge on any atom is 0.120 e. The van der Waals surface area contributed by atoms with Gasteiger partial charge in [-0.1, -0.05) is 0 Å². The molecule has 13 heavy (non-hydrogen) atoms. The molecule has 2 unspecified atom stereocenters. The minimum Gasteiger partial charge on any atom is -0.468 e.